The molecule has 0 aromatic heterocycles. The number of carbonyl (C=O) groups is 1. The summed E-state index contributed by atoms with van der Waals surface area (Å²) in [6.45, 7) is 10.4. The first-order valence-corrected chi connectivity index (χ1v) is 10.4. The van der Waals surface area contributed by atoms with Gasteiger partial charge in [0, 0.05) is 37.9 Å². The molecule has 0 fully saturated rings. The van der Waals surface area contributed by atoms with E-state index >= 15 is 0 Å². The fourth-order valence-corrected chi connectivity index (χ4v) is 4.06. The van der Waals surface area contributed by atoms with Gasteiger partial charge >= 0.3 is 0 Å². The van der Waals surface area contributed by atoms with E-state index in [4.69, 9.17) is 0 Å². The van der Waals surface area contributed by atoms with Gasteiger partial charge in [-0.3, -0.25) is 0 Å². The Bertz CT molecular complexity index is 719. The summed E-state index contributed by atoms with van der Waals surface area (Å²) >= 11 is 0. The Kier molecular flexibility index (Phi) is 8.56. The molecule has 2 unspecified atom stereocenters. The second kappa shape index (κ2) is 10.9. The molecule has 0 aliphatic heterocycles. The molecule has 0 radical (unpaired) electrons. The van der Waals surface area contributed by atoms with Crippen molar-refractivity contribution >= 4 is 17.5 Å². The normalized spacial score (nSPS) is 17.0. The van der Waals surface area contributed by atoms with Gasteiger partial charge in [0.05, 0.1) is 0 Å². The van der Waals surface area contributed by atoms with Crippen molar-refractivity contribution in [2.24, 2.45) is 5.92 Å². The zero-order chi connectivity index (χ0) is 20.5. The monoisotopic (exact) mass is 380 g/mol. The summed E-state index contributed by atoms with van der Waals surface area (Å²) in [5.74, 6) is 0.304. The molecule has 1 aromatic carbocycles. The van der Waals surface area contributed by atoms with E-state index in [1.807, 2.05) is 7.05 Å². The zero-order valence-corrected chi connectivity index (χ0v) is 17.8. The molecule has 0 saturated heterocycles. The second-order valence-corrected chi connectivity index (χ2v) is 7.93. The smallest absolute Gasteiger partial charge is 0.120 e. The summed E-state index contributed by atoms with van der Waals surface area (Å²) < 4.78 is 0. The van der Waals surface area contributed by atoms with Crippen LogP contribution in [0.2, 0.25) is 0 Å². The van der Waals surface area contributed by atoms with Crippen LogP contribution in [0.25, 0.3) is 5.57 Å². The minimum atomic E-state index is 0.304. The van der Waals surface area contributed by atoms with Crippen LogP contribution in [0.4, 0.5) is 5.69 Å². The topological polar surface area (TPSA) is 32.3 Å². The van der Waals surface area contributed by atoms with Crippen LogP contribution in [0.5, 0.6) is 0 Å². The fraction of sp³-hybridized carbons (Fsp3) is 0.480. The molecule has 0 bridgehead atoms. The van der Waals surface area contributed by atoms with E-state index in [1.165, 1.54) is 23.2 Å². The predicted molar refractivity (Wildman–Crippen MR) is 122 cm³/mol. The Balaban J connectivity index is 2.19. The maximum absolute atomic E-state index is 10.8. The standard InChI is InChI=1S/C25H36N2O/c1-19(2)25-16-15-24(27(5)23-11-7-6-8-12-23)18-22(25)14-13-21(10-9-17-28)20(3)26-4/h6-7,15-18,21,23,26H,1,3,8-14H2,2,4-5H3. The van der Waals surface area contributed by atoms with E-state index in [-0.39, 0.29) is 0 Å². The van der Waals surface area contributed by atoms with Gasteiger partial charge < -0.3 is 15.0 Å². The molecule has 0 spiro atoms. The van der Waals surface area contributed by atoms with Crippen LogP contribution >= 0.6 is 0 Å². The van der Waals surface area contributed by atoms with Gasteiger partial charge in [-0.2, -0.15) is 0 Å². The largest absolute Gasteiger partial charge is 0.392 e. The molecule has 1 aromatic rings. The highest BCUT2D eigenvalue weighted by Crippen LogP contribution is 2.30. The second-order valence-electron chi connectivity index (χ2n) is 7.93. The zero-order valence-electron chi connectivity index (χ0n) is 17.8. The third kappa shape index (κ3) is 5.85. The van der Waals surface area contributed by atoms with Crippen molar-refractivity contribution in [1.29, 1.82) is 0 Å². The first kappa shape index (κ1) is 22.0. The fourth-order valence-electron chi connectivity index (χ4n) is 4.06. The lowest BCUT2D eigenvalue weighted by molar-refractivity contribution is -0.108. The number of anilines is 1. The minimum Gasteiger partial charge on any atom is -0.392 e. The van der Waals surface area contributed by atoms with Crippen LogP contribution in [-0.4, -0.2) is 26.4 Å². The van der Waals surface area contributed by atoms with Crippen LogP contribution in [0.3, 0.4) is 0 Å². The average molecular weight is 381 g/mol. The number of nitrogens with zero attached hydrogens (tertiary/aromatic N) is 1. The highest BCUT2D eigenvalue weighted by atomic mass is 16.1. The van der Waals surface area contributed by atoms with Crippen molar-refractivity contribution < 1.29 is 4.79 Å². The van der Waals surface area contributed by atoms with E-state index in [0.717, 1.165) is 49.7 Å². The van der Waals surface area contributed by atoms with Crippen LogP contribution < -0.4 is 10.2 Å². The molecule has 2 rings (SSSR count). The van der Waals surface area contributed by atoms with Gasteiger partial charge in [0.25, 0.3) is 0 Å². The lowest BCUT2D eigenvalue weighted by Crippen LogP contribution is -2.32. The van der Waals surface area contributed by atoms with Gasteiger partial charge in [-0.1, -0.05) is 36.9 Å². The number of carbonyl (C=O) groups excluding carboxylic acids is 1. The summed E-state index contributed by atoms with van der Waals surface area (Å²) in [5, 5.41) is 3.18. The molecule has 0 saturated carbocycles. The molecular weight excluding hydrogens is 344 g/mol. The molecule has 0 amide bonds. The van der Waals surface area contributed by atoms with Crippen LogP contribution in [0.15, 0.2) is 49.2 Å². The minimum absolute atomic E-state index is 0.304. The van der Waals surface area contributed by atoms with E-state index in [0.29, 0.717) is 18.4 Å². The molecule has 3 heteroatoms. The van der Waals surface area contributed by atoms with Crippen LogP contribution in [-0.2, 0) is 11.2 Å². The highest BCUT2D eigenvalue weighted by molar-refractivity contribution is 5.68. The maximum atomic E-state index is 10.8. The Labute approximate surface area is 171 Å². The van der Waals surface area contributed by atoms with Crippen molar-refractivity contribution in [1.82, 2.24) is 5.32 Å². The lowest BCUT2D eigenvalue weighted by atomic mass is 9.89. The highest BCUT2D eigenvalue weighted by Gasteiger charge is 2.18. The summed E-state index contributed by atoms with van der Waals surface area (Å²) in [4.78, 5) is 13.3. The number of allylic oxidation sites excluding steroid dienone is 3. The summed E-state index contributed by atoms with van der Waals surface area (Å²) in [6, 6.07) is 7.34. The summed E-state index contributed by atoms with van der Waals surface area (Å²) in [5.41, 5.74) is 5.97. The summed E-state index contributed by atoms with van der Waals surface area (Å²) in [6.07, 6.45) is 12.4. The van der Waals surface area contributed by atoms with Crippen LogP contribution in [0, 0.1) is 5.92 Å². The van der Waals surface area contributed by atoms with E-state index in [9.17, 15) is 4.79 Å². The number of nitrogens with one attached hydrogen (secondary N) is 1. The van der Waals surface area contributed by atoms with Crippen molar-refractivity contribution in [2.45, 2.75) is 57.9 Å². The Morgan fingerprint density at radius 3 is 2.71 bits per heavy atom. The van der Waals surface area contributed by atoms with Crippen molar-refractivity contribution in [2.75, 3.05) is 19.0 Å². The average Bonchev–Trinajstić information content (AvgIpc) is 2.73. The molecular formula is C25H36N2O. The molecule has 1 aliphatic carbocycles. The molecule has 152 valence electrons. The van der Waals surface area contributed by atoms with E-state index < -0.39 is 0 Å². The SMILES string of the molecule is C=C(C)c1ccc(N(C)C2CC=CCC2)cc1CCC(CCC=O)C(=C)NC. The molecule has 0 heterocycles. The molecule has 28 heavy (non-hydrogen) atoms. The number of hydrogen-bond donors (Lipinski definition) is 1. The van der Waals surface area contributed by atoms with Gasteiger partial charge in [-0.05, 0) is 74.6 Å². The first-order chi connectivity index (χ1) is 13.5. The van der Waals surface area contributed by atoms with Gasteiger partial charge in [0.1, 0.15) is 6.29 Å². The number of rotatable bonds is 11. The number of hydrogen-bond acceptors (Lipinski definition) is 3. The van der Waals surface area contributed by atoms with E-state index in [2.05, 4.69) is 67.7 Å². The van der Waals surface area contributed by atoms with Crippen molar-refractivity contribution in [3.05, 3.63) is 60.3 Å². The van der Waals surface area contributed by atoms with Crippen LogP contribution in [0.1, 0.15) is 56.6 Å². The van der Waals surface area contributed by atoms with Gasteiger partial charge in [0.15, 0.2) is 0 Å². The molecule has 2 atom stereocenters. The van der Waals surface area contributed by atoms with E-state index in [1.54, 1.807) is 0 Å². The Morgan fingerprint density at radius 1 is 1.32 bits per heavy atom. The predicted octanol–water partition coefficient (Wildman–Crippen LogP) is 5.53. The van der Waals surface area contributed by atoms with Gasteiger partial charge in [-0.25, -0.2) is 0 Å². The lowest BCUT2D eigenvalue weighted by Gasteiger charge is -2.31. The maximum Gasteiger partial charge on any atom is 0.120 e. The van der Waals surface area contributed by atoms with Crippen molar-refractivity contribution in [3.8, 4) is 0 Å². The third-order valence-electron chi connectivity index (χ3n) is 5.95. The summed E-state index contributed by atoms with van der Waals surface area (Å²) in [7, 11) is 4.11. The van der Waals surface area contributed by atoms with Gasteiger partial charge in [0.2, 0.25) is 0 Å². The third-order valence-corrected chi connectivity index (χ3v) is 5.95. The van der Waals surface area contributed by atoms with Gasteiger partial charge in [-0.15, -0.1) is 0 Å². The Hall–Kier alpha value is -2.29. The van der Waals surface area contributed by atoms with Crippen molar-refractivity contribution in [3.63, 3.8) is 0 Å². The Morgan fingerprint density at radius 2 is 2.11 bits per heavy atom. The first-order valence-electron chi connectivity index (χ1n) is 10.4. The number of aryl methyl sites for hydroxylation is 1. The molecule has 1 N–H and O–H groups in total. The number of benzene rings is 1. The quantitative estimate of drug-likeness (QED) is 0.405. The molecule has 3 nitrogen and oxygen atoms in total. The molecule has 1 aliphatic rings. The number of aldehydes is 1.